The molecule has 1 aromatic rings. The highest BCUT2D eigenvalue weighted by Gasteiger charge is 2.27. The molecule has 0 aromatic carbocycles. The first-order valence-electron chi connectivity index (χ1n) is 7.51. The van der Waals surface area contributed by atoms with E-state index in [0.717, 1.165) is 18.6 Å². The molecule has 3 heterocycles. The van der Waals surface area contributed by atoms with Crippen LogP contribution in [0.2, 0.25) is 5.02 Å². The normalized spacial score (nSPS) is 22.1. The van der Waals surface area contributed by atoms with Gasteiger partial charge in [-0.1, -0.05) is 23.4 Å². The van der Waals surface area contributed by atoms with Crippen molar-refractivity contribution in [3.05, 3.63) is 22.8 Å². The lowest BCUT2D eigenvalue weighted by Crippen LogP contribution is -2.37. The molecule has 0 radical (unpaired) electrons. The Morgan fingerprint density at radius 1 is 1.39 bits per heavy atom. The van der Waals surface area contributed by atoms with E-state index in [-0.39, 0.29) is 22.1 Å². The second kappa shape index (κ2) is 7.51. The minimum absolute atomic E-state index is 0.00289. The number of hydrogen-bond donors (Lipinski definition) is 1. The van der Waals surface area contributed by atoms with Crippen molar-refractivity contribution in [2.24, 2.45) is 0 Å². The quantitative estimate of drug-likeness (QED) is 0.889. The van der Waals surface area contributed by atoms with Gasteiger partial charge < -0.3 is 14.8 Å². The molecule has 124 valence electrons. The number of rotatable bonds is 4. The van der Waals surface area contributed by atoms with Gasteiger partial charge in [0.1, 0.15) is 11.1 Å². The van der Waals surface area contributed by atoms with Crippen LogP contribution in [0.15, 0.2) is 12.3 Å². The van der Waals surface area contributed by atoms with Crippen molar-refractivity contribution < 1.29 is 19.1 Å². The van der Waals surface area contributed by atoms with E-state index in [1.807, 2.05) is 0 Å². The van der Waals surface area contributed by atoms with Crippen LogP contribution in [-0.4, -0.2) is 47.1 Å². The van der Waals surface area contributed by atoms with Crippen LogP contribution < -0.4 is 10.1 Å². The fourth-order valence-electron chi connectivity index (χ4n) is 2.46. The molecule has 1 amide bonds. The van der Waals surface area contributed by atoms with Gasteiger partial charge in [-0.25, -0.2) is 4.98 Å². The van der Waals surface area contributed by atoms with Crippen molar-refractivity contribution in [2.45, 2.75) is 31.4 Å². The Hall–Kier alpha value is -1.31. The van der Waals surface area contributed by atoms with E-state index in [4.69, 9.17) is 21.1 Å². The Balaban J connectivity index is 1.63. The molecule has 0 aliphatic carbocycles. The summed E-state index contributed by atoms with van der Waals surface area (Å²) in [7, 11) is 0. The van der Waals surface area contributed by atoms with Gasteiger partial charge in [0.25, 0.3) is 5.91 Å². The van der Waals surface area contributed by atoms with E-state index in [2.05, 4.69) is 10.3 Å². The van der Waals surface area contributed by atoms with Gasteiger partial charge in [0.05, 0.1) is 24.8 Å². The number of nitrogens with one attached hydrogen (secondary N) is 1. The predicted molar refractivity (Wildman–Crippen MR) is 87.1 cm³/mol. The number of thioether (sulfide) groups is 1. The number of amides is 1. The first-order valence-corrected chi connectivity index (χ1v) is 8.87. The third kappa shape index (κ3) is 4.16. The molecule has 0 spiro atoms. The Kier molecular flexibility index (Phi) is 5.40. The van der Waals surface area contributed by atoms with Crippen molar-refractivity contribution in [3.8, 4) is 5.88 Å². The fourth-order valence-corrected chi connectivity index (χ4v) is 3.60. The smallest absolute Gasteiger partial charge is 0.253 e. The average molecular weight is 357 g/mol. The van der Waals surface area contributed by atoms with Crippen molar-refractivity contribution in [1.82, 2.24) is 10.3 Å². The summed E-state index contributed by atoms with van der Waals surface area (Å²) in [6, 6.07) is 1.09. The van der Waals surface area contributed by atoms with E-state index in [1.165, 1.54) is 24.0 Å². The molecule has 2 aliphatic rings. The number of halogens is 1. The molecule has 23 heavy (non-hydrogen) atoms. The van der Waals surface area contributed by atoms with Crippen LogP contribution in [-0.2, 0) is 9.53 Å². The van der Waals surface area contributed by atoms with Crippen LogP contribution >= 0.6 is 23.4 Å². The molecule has 2 fully saturated rings. The molecule has 0 unspecified atom stereocenters. The van der Waals surface area contributed by atoms with Gasteiger partial charge in [0.2, 0.25) is 11.0 Å². The second-order valence-corrected chi connectivity index (χ2v) is 6.93. The Labute approximate surface area is 143 Å². The first kappa shape index (κ1) is 16.5. The fraction of sp³-hybridized carbons (Fsp3) is 0.533. The lowest BCUT2D eigenvalue weighted by atomic mass is 10.1. The number of nitrogens with zero attached hydrogens (tertiary/aromatic N) is 1. The van der Waals surface area contributed by atoms with Gasteiger partial charge in [-0.2, -0.15) is 0 Å². The minimum atomic E-state index is -0.426. The summed E-state index contributed by atoms with van der Waals surface area (Å²) in [4.78, 5) is 27.9. The molecule has 8 heteroatoms. The highest BCUT2D eigenvalue weighted by molar-refractivity contribution is 8.14. The molecule has 1 N–H and O–H groups in total. The van der Waals surface area contributed by atoms with Gasteiger partial charge in [-0.05, 0) is 12.5 Å². The number of pyridine rings is 1. The van der Waals surface area contributed by atoms with E-state index in [9.17, 15) is 9.59 Å². The summed E-state index contributed by atoms with van der Waals surface area (Å²) < 4.78 is 11.0. The molecule has 1 atom stereocenters. The summed E-state index contributed by atoms with van der Waals surface area (Å²) >= 11 is 7.41. The standard InChI is InChI=1S/C15H17ClN2O4S/c16-11-7-9(13(19)18-12-3-6-23-15(12)20)8-17-14(11)22-10-1-4-21-5-2-10/h7-8,10,12H,1-6H2,(H,18,19)/t12-/m1/s1. The van der Waals surface area contributed by atoms with Crippen LogP contribution in [0.1, 0.15) is 29.6 Å². The van der Waals surface area contributed by atoms with Crippen LogP contribution in [0, 0.1) is 0 Å². The van der Waals surface area contributed by atoms with E-state index in [0.29, 0.717) is 31.1 Å². The van der Waals surface area contributed by atoms with Crippen LogP contribution in [0.3, 0.4) is 0 Å². The summed E-state index contributed by atoms with van der Waals surface area (Å²) in [5.74, 6) is 0.709. The summed E-state index contributed by atoms with van der Waals surface area (Å²) in [6.45, 7) is 1.33. The molecule has 0 bridgehead atoms. The minimum Gasteiger partial charge on any atom is -0.473 e. The van der Waals surface area contributed by atoms with Crippen molar-refractivity contribution in [1.29, 1.82) is 0 Å². The largest absolute Gasteiger partial charge is 0.473 e. The van der Waals surface area contributed by atoms with Gasteiger partial charge in [0, 0.05) is 24.8 Å². The number of carbonyl (C=O) groups is 2. The summed E-state index contributed by atoms with van der Waals surface area (Å²) in [5, 5.41) is 2.99. The zero-order valence-corrected chi connectivity index (χ0v) is 14.0. The monoisotopic (exact) mass is 356 g/mol. The molecule has 1 aromatic heterocycles. The zero-order valence-electron chi connectivity index (χ0n) is 12.4. The van der Waals surface area contributed by atoms with Crippen LogP contribution in [0.4, 0.5) is 0 Å². The lowest BCUT2D eigenvalue weighted by Gasteiger charge is -2.23. The third-order valence-corrected chi connectivity index (χ3v) is 5.04. The SMILES string of the molecule is O=C(N[C@@H]1CCSC1=O)c1cnc(OC2CCOCC2)c(Cl)c1. The molecule has 2 aliphatic heterocycles. The molecule has 3 rings (SSSR count). The average Bonchev–Trinajstić information content (AvgIpc) is 2.95. The van der Waals surface area contributed by atoms with Gasteiger partial charge in [-0.15, -0.1) is 0 Å². The maximum absolute atomic E-state index is 12.2. The Bertz CT molecular complexity index is 607. The maximum Gasteiger partial charge on any atom is 0.253 e. The van der Waals surface area contributed by atoms with Crippen molar-refractivity contribution in [2.75, 3.05) is 19.0 Å². The number of ether oxygens (including phenoxy) is 2. The predicted octanol–water partition coefficient (Wildman–Crippen LogP) is 2.05. The highest BCUT2D eigenvalue weighted by Crippen LogP contribution is 2.26. The number of aromatic nitrogens is 1. The Morgan fingerprint density at radius 2 is 2.17 bits per heavy atom. The van der Waals surface area contributed by atoms with Crippen molar-refractivity contribution >= 4 is 34.4 Å². The second-order valence-electron chi connectivity index (χ2n) is 5.42. The highest BCUT2D eigenvalue weighted by atomic mass is 35.5. The van der Waals surface area contributed by atoms with E-state index in [1.54, 1.807) is 0 Å². The molecular weight excluding hydrogens is 340 g/mol. The van der Waals surface area contributed by atoms with Crippen molar-refractivity contribution in [3.63, 3.8) is 0 Å². The van der Waals surface area contributed by atoms with Crippen LogP contribution in [0.25, 0.3) is 0 Å². The molecule has 6 nitrogen and oxygen atoms in total. The maximum atomic E-state index is 12.2. The number of carbonyl (C=O) groups excluding carboxylic acids is 2. The lowest BCUT2D eigenvalue weighted by molar-refractivity contribution is -0.112. The number of hydrogen-bond acceptors (Lipinski definition) is 6. The zero-order chi connectivity index (χ0) is 16.2. The molecule has 2 saturated heterocycles. The first-order chi connectivity index (χ1) is 11.1. The van der Waals surface area contributed by atoms with Gasteiger partial charge in [-0.3, -0.25) is 9.59 Å². The van der Waals surface area contributed by atoms with Gasteiger partial charge in [0.15, 0.2) is 0 Å². The van der Waals surface area contributed by atoms with E-state index >= 15 is 0 Å². The van der Waals surface area contributed by atoms with Gasteiger partial charge >= 0.3 is 0 Å². The third-order valence-electron chi connectivity index (χ3n) is 3.76. The molecule has 0 saturated carbocycles. The van der Waals surface area contributed by atoms with E-state index < -0.39 is 6.04 Å². The topological polar surface area (TPSA) is 77.5 Å². The summed E-state index contributed by atoms with van der Waals surface area (Å²) in [6.07, 6.45) is 3.69. The Morgan fingerprint density at radius 3 is 2.83 bits per heavy atom. The summed E-state index contributed by atoms with van der Waals surface area (Å²) in [5.41, 5.74) is 0.319. The molecular formula is C15H17ClN2O4S. The van der Waals surface area contributed by atoms with Crippen LogP contribution in [0.5, 0.6) is 5.88 Å².